The number of ether oxygens (including phenoxy) is 3. The number of carbonyl (C=O) groups is 1. The maximum atomic E-state index is 12.7. The van der Waals surface area contributed by atoms with Gasteiger partial charge in [0.2, 0.25) is 0 Å². The van der Waals surface area contributed by atoms with Gasteiger partial charge in [0.25, 0.3) is 5.91 Å². The van der Waals surface area contributed by atoms with E-state index < -0.39 is 0 Å². The Morgan fingerprint density at radius 3 is 2.52 bits per heavy atom. The van der Waals surface area contributed by atoms with Crippen molar-refractivity contribution in [3.05, 3.63) is 29.3 Å². The molecule has 0 saturated carbocycles. The van der Waals surface area contributed by atoms with Gasteiger partial charge in [-0.1, -0.05) is 0 Å². The van der Waals surface area contributed by atoms with Gasteiger partial charge in [-0.15, -0.1) is 11.3 Å². The molecule has 0 N–H and O–H groups in total. The molecule has 1 aromatic carbocycles. The number of nitrogens with zero attached hydrogens (tertiary/aromatic N) is 2. The Kier molecular flexibility index (Phi) is 5.24. The van der Waals surface area contributed by atoms with Gasteiger partial charge in [0.15, 0.2) is 11.5 Å². The number of amides is 1. The number of methoxy groups -OCH3 is 2. The number of rotatable bonds is 4. The van der Waals surface area contributed by atoms with Crippen LogP contribution in [0.1, 0.15) is 24.3 Å². The third kappa shape index (κ3) is 3.77. The average molecular weight is 362 g/mol. The van der Waals surface area contributed by atoms with Crippen LogP contribution in [0.2, 0.25) is 0 Å². The van der Waals surface area contributed by atoms with Crippen molar-refractivity contribution in [2.45, 2.75) is 26.1 Å². The summed E-state index contributed by atoms with van der Waals surface area (Å²) in [5.41, 5.74) is 1.36. The first-order valence-corrected chi connectivity index (χ1v) is 9.02. The monoisotopic (exact) mass is 362 g/mol. The van der Waals surface area contributed by atoms with Gasteiger partial charge in [-0.3, -0.25) is 4.79 Å². The van der Waals surface area contributed by atoms with Crippen LogP contribution in [-0.2, 0) is 4.74 Å². The number of aromatic nitrogens is 1. The highest BCUT2D eigenvalue weighted by atomic mass is 32.1. The lowest BCUT2D eigenvalue weighted by molar-refractivity contribution is -0.0587. The second kappa shape index (κ2) is 7.41. The highest BCUT2D eigenvalue weighted by Crippen LogP contribution is 2.33. The molecule has 134 valence electrons. The van der Waals surface area contributed by atoms with Gasteiger partial charge in [0.1, 0.15) is 10.7 Å². The Morgan fingerprint density at radius 2 is 1.88 bits per heavy atom. The largest absolute Gasteiger partial charge is 0.493 e. The van der Waals surface area contributed by atoms with Crippen molar-refractivity contribution in [2.24, 2.45) is 0 Å². The van der Waals surface area contributed by atoms with E-state index >= 15 is 0 Å². The fraction of sp³-hybridized carbons (Fsp3) is 0.444. The second-order valence-electron chi connectivity index (χ2n) is 6.08. The Labute approximate surface area is 151 Å². The lowest BCUT2D eigenvalue weighted by atomic mass is 10.2. The Balaban J connectivity index is 1.81. The van der Waals surface area contributed by atoms with E-state index in [0.29, 0.717) is 30.3 Å². The molecular formula is C18H22N2O4S. The number of hydrogen-bond donors (Lipinski definition) is 0. The van der Waals surface area contributed by atoms with Crippen molar-refractivity contribution in [1.29, 1.82) is 0 Å². The molecule has 0 spiro atoms. The van der Waals surface area contributed by atoms with E-state index in [4.69, 9.17) is 14.2 Å². The van der Waals surface area contributed by atoms with Crippen molar-refractivity contribution in [2.75, 3.05) is 27.3 Å². The third-order valence-corrected chi connectivity index (χ3v) is 4.95. The standard InChI is InChI=1S/C18H22N2O4S/c1-11-8-20(9-12(2)24-11)18(21)14-10-25-17(19-14)13-5-6-15(22-3)16(7-13)23-4/h5-7,10-12H,8-9H2,1-4H3/t11-,12-/m0/s1. The van der Waals surface area contributed by atoms with Crippen molar-refractivity contribution >= 4 is 17.2 Å². The van der Waals surface area contributed by atoms with E-state index in [9.17, 15) is 4.79 Å². The topological polar surface area (TPSA) is 60.9 Å². The highest BCUT2D eigenvalue weighted by molar-refractivity contribution is 7.13. The van der Waals surface area contributed by atoms with Gasteiger partial charge in [-0.25, -0.2) is 4.98 Å². The van der Waals surface area contributed by atoms with Gasteiger partial charge in [-0.05, 0) is 32.0 Å². The zero-order valence-corrected chi connectivity index (χ0v) is 15.6. The number of hydrogen-bond acceptors (Lipinski definition) is 6. The summed E-state index contributed by atoms with van der Waals surface area (Å²) in [7, 11) is 3.20. The maximum Gasteiger partial charge on any atom is 0.273 e. The molecule has 3 rings (SSSR count). The summed E-state index contributed by atoms with van der Waals surface area (Å²) >= 11 is 1.44. The summed E-state index contributed by atoms with van der Waals surface area (Å²) < 4.78 is 16.3. The lowest BCUT2D eigenvalue weighted by Gasteiger charge is -2.34. The van der Waals surface area contributed by atoms with Crippen LogP contribution < -0.4 is 9.47 Å². The summed E-state index contributed by atoms with van der Waals surface area (Å²) in [6, 6.07) is 5.61. The van der Waals surface area contributed by atoms with Crippen molar-refractivity contribution in [1.82, 2.24) is 9.88 Å². The minimum absolute atomic E-state index is 0.0386. The van der Waals surface area contributed by atoms with Crippen LogP contribution >= 0.6 is 11.3 Å². The Bertz CT molecular complexity index is 751. The SMILES string of the molecule is COc1ccc(-c2nc(C(=O)N3C[C@H](C)O[C@@H](C)C3)cs2)cc1OC. The van der Waals surface area contributed by atoms with Gasteiger partial charge in [0.05, 0.1) is 26.4 Å². The van der Waals surface area contributed by atoms with E-state index in [1.807, 2.05) is 36.9 Å². The molecule has 0 bridgehead atoms. The van der Waals surface area contributed by atoms with Gasteiger partial charge in [-0.2, -0.15) is 0 Å². The Hall–Kier alpha value is -2.12. The average Bonchev–Trinajstić information content (AvgIpc) is 3.09. The summed E-state index contributed by atoms with van der Waals surface area (Å²) in [6.45, 7) is 5.14. The quantitative estimate of drug-likeness (QED) is 0.836. The van der Waals surface area contributed by atoms with Crippen LogP contribution in [0.5, 0.6) is 11.5 Å². The molecule has 1 aromatic heterocycles. The molecule has 0 unspecified atom stereocenters. The molecule has 2 atom stereocenters. The Morgan fingerprint density at radius 1 is 1.20 bits per heavy atom. The van der Waals surface area contributed by atoms with Gasteiger partial charge < -0.3 is 19.1 Å². The van der Waals surface area contributed by atoms with Crippen LogP contribution in [0.4, 0.5) is 0 Å². The molecule has 1 saturated heterocycles. The number of thiazole rings is 1. The number of carbonyl (C=O) groups excluding carboxylic acids is 1. The van der Waals surface area contributed by atoms with E-state index in [-0.39, 0.29) is 18.1 Å². The van der Waals surface area contributed by atoms with E-state index in [0.717, 1.165) is 10.6 Å². The molecular weight excluding hydrogens is 340 g/mol. The summed E-state index contributed by atoms with van der Waals surface area (Å²) in [5.74, 6) is 1.25. The zero-order valence-electron chi connectivity index (χ0n) is 14.8. The normalized spacial score (nSPS) is 20.4. The van der Waals surface area contributed by atoms with Crippen molar-refractivity contribution in [3.63, 3.8) is 0 Å². The first kappa shape index (κ1) is 17.7. The number of benzene rings is 1. The fourth-order valence-corrected chi connectivity index (χ4v) is 3.77. The zero-order chi connectivity index (χ0) is 18.0. The van der Waals surface area contributed by atoms with E-state index in [1.54, 1.807) is 19.6 Å². The molecule has 0 radical (unpaired) electrons. The first-order chi connectivity index (χ1) is 12.0. The van der Waals surface area contributed by atoms with Gasteiger partial charge in [0, 0.05) is 24.0 Å². The molecule has 1 fully saturated rings. The summed E-state index contributed by atoms with van der Waals surface area (Å²) in [4.78, 5) is 19.1. The molecule has 0 aliphatic carbocycles. The molecule has 7 heteroatoms. The minimum atomic E-state index is -0.0509. The van der Waals surface area contributed by atoms with E-state index in [1.165, 1.54) is 11.3 Å². The maximum absolute atomic E-state index is 12.7. The molecule has 1 amide bonds. The molecule has 25 heavy (non-hydrogen) atoms. The third-order valence-electron chi connectivity index (χ3n) is 4.06. The van der Waals surface area contributed by atoms with Crippen LogP contribution in [0, 0.1) is 0 Å². The van der Waals surface area contributed by atoms with E-state index in [2.05, 4.69) is 4.98 Å². The minimum Gasteiger partial charge on any atom is -0.493 e. The van der Waals surface area contributed by atoms with Crippen molar-refractivity contribution in [3.8, 4) is 22.1 Å². The second-order valence-corrected chi connectivity index (χ2v) is 6.93. The van der Waals surface area contributed by atoms with Crippen LogP contribution in [-0.4, -0.2) is 55.3 Å². The van der Waals surface area contributed by atoms with Crippen LogP contribution in [0.15, 0.2) is 23.6 Å². The molecule has 2 aromatic rings. The smallest absolute Gasteiger partial charge is 0.273 e. The van der Waals surface area contributed by atoms with Gasteiger partial charge >= 0.3 is 0 Å². The first-order valence-electron chi connectivity index (χ1n) is 8.14. The molecule has 1 aliphatic rings. The molecule has 6 nitrogen and oxygen atoms in total. The van der Waals surface area contributed by atoms with Crippen LogP contribution in [0.25, 0.3) is 10.6 Å². The number of morpholine rings is 1. The fourth-order valence-electron chi connectivity index (χ4n) is 2.98. The van der Waals surface area contributed by atoms with Crippen LogP contribution in [0.3, 0.4) is 0 Å². The lowest BCUT2D eigenvalue weighted by Crippen LogP contribution is -2.48. The summed E-state index contributed by atoms with van der Waals surface area (Å²) in [6.07, 6.45) is 0.0771. The highest BCUT2D eigenvalue weighted by Gasteiger charge is 2.28. The predicted octanol–water partition coefficient (Wildman–Crippen LogP) is 3.08. The predicted molar refractivity (Wildman–Crippen MR) is 96.6 cm³/mol. The summed E-state index contributed by atoms with van der Waals surface area (Å²) in [5, 5.41) is 2.58. The molecule has 1 aliphatic heterocycles. The van der Waals surface area contributed by atoms with Crippen molar-refractivity contribution < 1.29 is 19.0 Å². The molecule has 2 heterocycles.